The zero-order chi connectivity index (χ0) is 26.2. The molecule has 0 amide bonds. The highest BCUT2D eigenvalue weighted by atomic mass is 14.9. The molecule has 3 aromatic heterocycles. The fourth-order valence-corrected chi connectivity index (χ4v) is 6.10. The van der Waals surface area contributed by atoms with Crippen LogP contribution in [0.4, 0.5) is 0 Å². The SMILES string of the molecule is c1ccc2c(c1)-c1cc3[nH]c(cc4nc(nc5[nH]c(cc-2n1)c1ccccc51)-c1ccccc1-4)c1ccccc31. The van der Waals surface area contributed by atoms with Crippen molar-refractivity contribution in [1.29, 1.82) is 0 Å². The molecule has 40 heavy (non-hydrogen) atoms. The van der Waals surface area contributed by atoms with Crippen LogP contribution < -0.4 is 0 Å². The fraction of sp³-hybridized carbons (Fsp3) is 0. The van der Waals surface area contributed by atoms with Crippen molar-refractivity contribution in [3.05, 3.63) is 115 Å². The first-order chi connectivity index (χ1) is 19.8. The van der Waals surface area contributed by atoms with Gasteiger partial charge in [0.05, 0.1) is 17.1 Å². The average molecular weight is 512 g/mol. The number of nitrogens with one attached hydrogen (secondary N) is 2. The lowest BCUT2D eigenvalue weighted by atomic mass is 10.0. The number of H-pyrrole nitrogens is 2. The fourth-order valence-electron chi connectivity index (χ4n) is 6.10. The van der Waals surface area contributed by atoms with E-state index in [1.54, 1.807) is 0 Å². The van der Waals surface area contributed by atoms with Crippen LogP contribution >= 0.6 is 0 Å². The summed E-state index contributed by atoms with van der Waals surface area (Å²) in [6, 6.07) is 40.0. The van der Waals surface area contributed by atoms with Crippen molar-refractivity contribution in [3.63, 3.8) is 0 Å². The molecule has 4 aromatic carbocycles. The quantitative estimate of drug-likeness (QED) is 0.214. The maximum Gasteiger partial charge on any atom is 0.162 e. The standard InChI is InChI=1S/C35H21N5/c1-3-11-22-20(9-1)28-17-29-21-10-2-4-12-23(21)31(37-29)19-33-25-14-6-8-16-27(25)35(39-33)40-34-26-15-7-5-13-24(26)32(38-34)18-30(22)36-28/h1-19,36H,(H,38,39,40). The van der Waals surface area contributed by atoms with Gasteiger partial charge in [-0.25, -0.2) is 15.0 Å². The van der Waals surface area contributed by atoms with Gasteiger partial charge in [0.15, 0.2) is 5.82 Å². The average Bonchev–Trinajstić information content (AvgIpc) is 3.73. The minimum atomic E-state index is 0.703. The lowest BCUT2D eigenvalue weighted by Gasteiger charge is -1.97. The molecule has 7 aromatic rings. The topological polar surface area (TPSA) is 70.2 Å². The van der Waals surface area contributed by atoms with Crippen molar-refractivity contribution in [2.24, 2.45) is 0 Å². The number of rotatable bonds is 0. The number of hydrogen-bond donors (Lipinski definition) is 2. The Morgan fingerprint density at radius 2 is 0.800 bits per heavy atom. The van der Waals surface area contributed by atoms with Crippen LogP contribution in [0.15, 0.2) is 115 Å². The van der Waals surface area contributed by atoms with Crippen molar-refractivity contribution in [1.82, 2.24) is 24.9 Å². The summed E-state index contributed by atoms with van der Waals surface area (Å²) in [5.74, 6) is 0.703. The lowest BCUT2D eigenvalue weighted by Crippen LogP contribution is -1.80. The van der Waals surface area contributed by atoms with Gasteiger partial charge in [0.25, 0.3) is 0 Å². The predicted molar refractivity (Wildman–Crippen MR) is 163 cm³/mol. The second-order valence-corrected chi connectivity index (χ2v) is 10.3. The normalized spacial score (nSPS) is 12.0. The van der Waals surface area contributed by atoms with Gasteiger partial charge in [-0.2, -0.15) is 0 Å². The van der Waals surface area contributed by atoms with E-state index in [1.165, 1.54) is 0 Å². The van der Waals surface area contributed by atoms with Gasteiger partial charge in [0.1, 0.15) is 5.65 Å². The molecule has 0 fully saturated rings. The molecule has 0 saturated heterocycles. The van der Waals surface area contributed by atoms with Gasteiger partial charge in [-0.05, 0) is 18.2 Å². The van der Waals surface area contributed by atoms with E-state index in [0.717, 1.165) is 83.1 Å². The Balaban J connectivity index is 1.51. The summed E-state index contributed by atoms with van der Waals surface area (Å²) in [5.41, 5.74) is 10.9. The minimum absolute atomic E-state index is 0.703. The Morgan fingerprint density at radius 3 is 1.40 bits per heavy atom. The monoisotopic (exact) mass is 511 g/mol. The molecule has 5 nitrogen and oxygen atoms in total. The van der Waals surface area contributed by atoms with Crippen LogP contribution in [0.1, 0.15) is 0 Å². The van der Waals surface area contributed by atoms with Crippen LogP contribution in [0.3, 0.4) is 0 Å². The van der Waals surface area contributed by atoms with Crippen molar-refractivity contribution in [3.8, 4) is 45.2 Å². The summed E-state index contributed by atoms with van der Waals surface area (Å²) in [7, 11) is 0. The van der Waals surface area contributed by atoms with Crippen LogP contribution in [0, 0.1) is 0 Å². The molecule has 0 unspecified atom stereocenters. The van der Waals surface area contributed by atoms with Gasteiger partial charge in [0, 0.05) is 60.3 Å². The number of fused-ring (bicyclic) bond motifs is 20. The number of nitrogens with zero attached hydrogens (tertiary/aromatic N) is 3. The highest BCUT2D eigenvalue weighted by Gasteiger charge is 2.19. The zero-order valence-electron chi connectivity index (χ0n) is 21.3. The van der Waals surface area contributed by atoms with Crippen LogP contribution in [-0.2, 0) is 0 Å². The van der Waals surface area contributed by atoms with Gasteiger partial charge >= 0.3 is 0 Å². The maximum absolute atomic E-state index is 5.15. The molecule has 5 heteroatoms. The van der Waals surface area contributed by atoms with Crippen molar-refractivity contribution in [2.45, 2.75) is 0 Å². The molecular weight excluding hydrogens is 490 g/mol. The smallest absolute Gasteiger partial charge is 0.162 e. The Bertz CT molecular complexity index is 2020. The van der Waals surface area contributed by atoms with Crippen molar-refractivity contribution in [2.75, 3.05) is 0 Å². The van der Waals surface area contributed by atoms with Gasteiger partial charge in [-0.15, -0.1) is 0 Å². The summed E-state index contributed by atoms with van der Waals surface area (Å²) in [6.45, 7) is 0. The molecule has 0 atom stereocenters. The van der Waals surface area contributed by atoms with E-state index in [2.05, 4.69) is 113 Å². The molecule has 186 valence electrons. The largest absolute Gasteiger partial charge is 0.354 e. The molecule has 2 aliphatic heterocycles. The third-order valence-corrected chi connectivity index (χ3v) is 7.95. The van der Waals surface area contributed by atoms with Gasteiger partial charge in [-0.1, -0.05) is 97.1 Å². The molecule has 5 heterocycles. The number of aromatic nitrogens is 5. The van der Waals surface area contributed by atoms with E-state index in [4.69, 9.17) is 15.0 Å². The van der Waals surface area contributed by atoms with Crippen LogP contribution in [-0.4, -0.2) is 24.9 Å². The van der Waals surface area contributed by atoms with Crippen molar-refractivity contribution < 1.29 is 0 Å². The van der Waals surface area contributed by atoms with Gasteiger partial charge in [0.2, 0.25) is 0 Å². The number of aromatic amines is 2. The Labute approximate surface area is 228 Å². The summed E-state index contributed by atoms with van der Waals surface area (Å²) in [5, 5.41) is 4.45. The first-order valence-corrected chi connectivity index (χ1v) is 13.4. The van der Waals surface area contributed by atoms with Crippen LogP contribution in [0.2, 0.25) is 0 Å². The zero-order valence-corrected chi connectivity index (χ0v) is 21.3. The third kappa shape index (κ3) is 3.06. The van der Waals surface area contributed by atoms with E-state index >= 15 is 0 Å². The van der Waals surface area contributed by atoms with Crippen molar-refractivity contribution >= 4 is 43.7 Å². The Kier molecular flexibility index (Phi) is 4.27. The molecule has 2 aliphatic rings. The van der Waals surface area contributed by atoms with E-state index in [0.29, 0.717) is 5.82 Å². The summed E-state index contributed by atoms with van der Waals surface area (Å²) < 4.78 is 0. The molecule has 9 rings (SSSR count). The molecule has 0 saturated carbocycles. The van der Waals surface area contributed by atoms with Gasteiger partial charge < -0.3 is 9.97 Å². The number of hydrogen-bond acceptors (Lipinski definition) is 3. The molecule has 2 N–H and O–H groups in total. The van der Waals surface area contributed by atoms with E-state index < -0.39 is 0 Å². The first kappa shape index (κ1) is 21.4. The van der Waals surface area contributed by atoms with E-state index in [-0.39, 0.29) is 0 Å². The van der Waals surface area contributed by atoms with Crippen LogP contribution in [0.5, 0.6) is 0 Å². The van der Waals surface area contributed by atoms with E-state index in [1.807, 2.05) is 12.1 Å². The summed E-state index contributed by atoms with van der Waals surface area (Å²) in [4.78, 5) is 22.6. The third-order valence-electron chi connectivity index (χ3n) is 7.95. The lowest BCUT2D eigenvalue weighted by molar-refractivity contribution is 1.27. The molecular formula is C35H21N5. The number of benzene rings is 4. The minimum Gasteiger partial charge on any atom is -0.354 e. The highest BCUT2D eigenvalue weighted by molar-refractivity contribution is 6.09. The molecule has 0 spiro atoms. The molecule has 0 aliphatic carbocycles. The Morgan fingerprint density at radius 1 is 0.375 bits per heavy atom. The second kappa shape index (κ2) is 7.98. The second-order valence-electron chi connectivity index (χ2n) is 10.3. The first-order valence-electron chi connectivity index (χ1n) is 13.4. The summed E-state index contributed by atoms with van der Waals surface area (Å²) >= 11 is 0. The van der Waals surface area contributed by atoms with Gasteiger partial charge in [-0.3, -0.25) is 0 Å². The molecule has 8 bridgehead atoms. The Hall–Kier alpha value is -5.55. The maximum atomic E-state index is 5.15. The van der Waals surface area contributed by atoms with Crippen LogP contribution in [0.25, 0.3) is 88.9 Å². The highest BCUT2D eigenvalue weighted by Crippen LogP contribution is 2.39. The molecule has 0 radical (unpaired) electrons. The van der Waals surface area contributed by atoms with E-state index in [9.17, 15) is 0 Å². The summed E-state index contributed by atoms with van der Waals surface area (Å²) in [6.07, 6.45) is 0. The predicted octanol–water partition coefficient (Wildman–Crippen LogP) is 8.68.